The number of hydrogen-bond acceptors (Lipinski definition) is 1. The summed E-state index contributed by atoms with van der Waals surface area (Å²) in [7, 11) is 0.500. The highest BCUT2D eigenvalue weighted by Gasteiger charge is 2.30. The molecule has 0 aliphatic rings. The van der Waals surface area contributed by atoms with Crippen LogP contribution in [0.4, 0.5) is 4.39 Å². The molecule has 1 unspecified atom stereocenters. The van der Waals surface area contributed by atoms with Gasteiger partial charge in [-0.15, -0.1) is 0 Å². The minimum Gasteiger partial charge on any atom is -0.396 e. The minimum atomic E-state index is 0.190. The average Bonchev–Trinajstić information content (AvgIpc) is 2.36. The summed E-state index contributed by atoms with van der Waals surface area (Å²) in [6, 6.07) is 0. The van der Waals surface area contributed by atoms with Crippen molar-refractivity contribution in [3.63, 3.8) is 0 Å². The fourth-order valence-corrected chi connectivity index (χ4v) is 1.78. The summed E-state index contributed by atoms with van der Waals surface area (Å²) < 4.78 is 9.50. The molecular weight excluding hydrogens is 203 g/mol. The second-order valence-corrected chi connectivity index (χ2v) is 4.13. The van der Waals surface area contributed by atoms with E-state index in [1.165, 1.54) is 19.3 Å². The Hall–Kier alpha value is -0.110. The molecule has 1 atom stereocenters. The van der Waals surface area contributed by atoms with E-state index in [-0.39, 0.29) is 5.41 Å². The number of rotatable bonds is 6. The second kappa shape index (κ2) is 14.9. The molecule has 0 aromatic carbocycles. The monoisotopic (exact) mass is 236 g/mol. The van der Waals surface area contributed by atoms with Crippen LogP contribution in [-0.4, -0.2) is 18.9 Å². The Morgan fingerprint density at radius 3 is 1.75 bits per heavy atom. The Balaban J connectivity index is -0.000000376. The lowest BCUT2D eigenvalue weighted by molar-refractivity contribution is 0.0603. The lowest BCUT2D eigenvalue weighted by atomic mass is 9.72. The van der Waals surface area contributed by atoms with Crippen LogP contribution in [0.1, 0.15) is 67.2 Å². The first-order chi connectivity index (χ1) is 7.63. The average molecular weight is 236 g/mol. The predicted octanol–water partition coefficient (Wildman–Crippen LogP) is 4.83. The zero-order valence-electron chi connectivity index (χ0n) is 12.4. The van der Waals surface area contributed by atoms with E-state index >= 15 is 0 Å². The summed E-state index contributed by atoms with van der Waals surface area (Å²) in [4.78, 5) is 0. The first kappa shape index (κ1) is 21.2. The van der Waals surface area contributed by atoms with Crippen molar-refractivity contribution < 1.29 is 9.50 Å². The molecule has 0 spiro atoms. The third-order valence-corrected chi connectivity index (χ3v) is 3.27. The number of alkyl halides is 1. The first-order valence-electron chi connectivity index (χ1n) is 6.61. The van der Waals surface area contributed by atoms with Gasteiger partial charge in [0.05, 0.1) is 7.18 Å². The van der Waals surface area contributed by atoms with Gasteiger partial charge in [0.15, 0.2) is 0 Å². The predicted molar refractivity (Wildman–Crippen MR) is 72.6 cm³/mol. The van der Waals surface area contributed by atoms with Crippen molar-refractivity contribution in [1.29, 1.82) is 0 Å². The summed E-state index contributed by atoms with van der Waals surface area (Å²) >= 11 is 0. The standard InChI is InChI=1S/C11H24O.C2H6.CH3F/c1-5-7-8-11(6-2,9-12)10(3)4;2*1-2/h10,12H,5-9H2,1-4H3;1-2H3;1H3. The van der Waals surface area contributed by atoms with Gasteiger partial charge in [-0.3, -0.25) is 4.39 Å². The molecule has 0 aliphatic carbocycles. The lowest BCUT2D eigenvalue weighted by Gasteiger charge is -2.35. The zero-order chi connectivity index (χ0) is 13.6. The van der Waals surface area contributed by atoms with Crippen LogP contribution in [0.5, 0.6) is 0 Å². The number of aliphatic hydroxyl groups excluding tert-OH is 1. The fraction of sp³-hybridized carbons (Fsp3) is 1.00. The van der Waals surface area contributed by atoms with E-state index in [0.717, 1.165) is 6.42 Å². The summed E-state index contributed by atoms with van der Waals surface area (Å²) in [5, 5.41) is 9.37. The Morgan fingerprint density at radius 1 is 1.12 bits per heavy atom. The number of halogens is 1. The summed E-state index contributed by atoms with van der Waals surface area (Å²) in [6.07, 6.45) is 4.75. The molecule has 16 heavy (non-hydrogen) atoms. The zero-order valence-corrected chi connectivity index (χ0v) is 12.4. The summed E-state index contributed by atoms with van der Waals surface area (Å²) in [5.74, 6) is 0.596. The van der Waals surface area contributed by atoms with Crippen LogP contribution in [0.25, 0.3) is 0 Å². The highest BCUT2D eigenvalue weighted by Crippen LogP contribution is 2.36. The Morgan fingerprint density at radius 2 is 1.56 bits per heavy atom. The molecule has 2 heteroatoms. The quantitative estimate of drug-likeness (QED) is 0.700. The molecule has 0 radical (unpaired) electrons. The topological polar surface area (TPSA) is 20.2 Å². The van der Waals surface area contributed by atoms with Gasteiger partial charge in [0.2, 0.25) is 0 Å². The van der Waals surface area contributed by atoms with Crippen molar-refractivity contribution >= 4 is 0 Å². The SMILES string of the molecule is CC.CCCCC(CC)(CO)C(C)C.CF. The van der Waals surface area contributed by atoms with Crippen LogP contribution in [-0.2, 0) is 0 Å². The molecule has 0 saturated heterocycles. The third kappa shape index (κ3) is 8.09. The van der Waals surface area contributed by atoms with Crippen LogP contribution in [0, 0.1) is 11.3 Å². The van der Waals surface area contributed by atoms with Crippen LogP contribution < -0.4 is 0 Å². The van der Waals surface area contributed by atoms with Crippen molar-refractivity contribution in [1.82, 2.24) is 0 Å². The minimum absolute atomic E-state index is 0.190. The van der Waals surface area contributed by atoms with Crippen molar-refractivity contribution in [3.8, 4) is 0 Å². The van der Waals surface area contributed by atoms with E-state index in [2.05, 4.69) is 27.7 Å². The van der Waals surface area contributed by atoms with Crippen LogP contribution in [0.2, 0.25) is 0 Å². The molecular formula is C14H33FO. The van der Waals surface area contributed by atoms with Gasteiger partial charge in [0.25, 0.3) is 0 Å². The highest BCUT2D eigenvalue weighted by molar-refractivity contribution is 4.80. The van der Waals surface area contributed by atoms with Crippen LogP contribution in [0.3, 0.4) is 0 Å². The second-order valence-electron chi connectivity index (χ2n) is 4.13. The third-order valence-electron chi connectivity index (χ3n) is 3.27. The van der Waals surface area contributed by atoms with E-state index in [1.807, 2.05) is 13.8 Å². The Kier molecular flexibility index (Phi) is 19.7. The van der Waals surface area contributed by atoms with Crippen molar-refractivity contribution in [3.05, 3.63) is 0 Å². The maximum Gasteiger partial charge on any atom is 0.0785 e. The van der Waals surface area contributed by atoms with Gasteiger partial charge in [0.1, 0.15) is 0 Å². The first-order valence-corrected chi connectivity index (χ1v) is 6.61. The van der Waals surface area contributed by atoms with E-state index in [9.17, 15) is 9.50 Å². The summed E-state index contributed by atoms with van der Waals surface area (Å²) in [6.45, 7) is 13.2. The normalized spacial score (nSPS) is 13.1. The van der Waals surface area contributed by atoms with Crippen LogP contribution in [0.15, 0.2) is 0 Å². The van der Waals surface area contributed by atoms with Gasteiger partial charge in [-0.25, -0.2) is 0 Å². The van der Waals surface area contributed by atoms with Crippen LogP contribution >= 0.6 is 0 Å². The van der Waals surface area contributed by atoms with E-state index in [4.69, 9.17) is 0 Å². The van der Waals surface area contributed by atoms with Gasteiger partial charge >= 0.3 is 0 Å². The maximum atomic E-state index is 9.50. The summed E-state index contributed by atoms with van der Waals surface area (Å²) in [5.41, 5.74) is 0.190. The molecule has 0 rings (SSSR count). The maximum absolute atomic E-state index is 9.50. The molecule has 0 aliphatic heterocycles. The van der Waals surface area contributed by atoms with Gasteiger partial charge < -0.3 is 5.11 Å². The number of aliphatic hydroxyl groups is 1. The smallest absolute Gasteiger partial charge is 0.0785 e. The molecule has 0 bridgehead atoms. The molecule has 0 amide bonds. The molecule has 1 N–H and O–H groups in total. The van der Waals surface area contributed by atoms with Crippen molar-refractivity contribution in [2.24, 2.45) is 11.3 Å². The molecule has 0 fully saturated rings. The molecule has 0 heterocycles. The lowest BCUT2D eigenvalue weighted by Crippen LogP contribution is -2.30. The van der Waals surface area contributed by atoms with Gasteiger partial charge in [-0.1, -0.05) is 54.4 Å². The van der Waals surface area contributed by atoms with Gasteiger partial charge in [0, 0.05) is 6.61 Å². The van der Waals surface area contributed by atoms with Crippen molar-refractivity contribution in [2.75, 3.05) is 13.8 Å². The van der Waals surface area contributed by atoms with Gasteiger partial charge in [-0.2, -0.15) is 0 Å². The Bertz CT molecular complexity index is 109. The molecule has 0 aromatic rings. The fourth-order valence-electron chi connectivity index (χ4n) is 1.78. The molecule has 0 saturated carbocycles. The molecule has 1 nitrogen and oxygen atoms in total. The largest absolute Gasteiger partial charge is 0.396 e. The van der Waals surface area contributed by atoms with E-state index in [0.29, 0.717) is 19.7 Å². The highest BCUT2D eigenvalue weighted by atomic mass is 19.1. The van der Waals surface area contributed by atoms with Gasteiger partial charge in [-0.05, 0) is 24.2 Å². The molecule has 0 aromatic heterocycles. The number of hydrogen-bond donors (Lipinski definition) is 1. The van der Waals surface area contributed by atoms with E-state index in [1.54, 1.807) is 0 Å². The molecule has 102 valence electrons. The number of unbranched alkanes of at least 4 members (excludes halogenated alkanes) is 1. The Labute approximate surface area is 102 Å². The van der Waals surface area contributed by atoms with E-state index < -0.39 is 0 Å². The van der Waals surface area contributed by atoms with Crippen molar-refractivity contribution in [2.45, 2.75) is 67.2 Å².